The van der Waals surface area contributed by atoms with E-state index in [2.05, 4.69) is 5.32 Å². The third kappa shape index (κ3) is 3.94. The Morgan fingerprint density at radius 3 is 2.62 bits per heavy atom. The lowest BCUT2D eigenvalue weighted by Crippen LogP contribution is -2.46. The van der Waals surface area contributed by atoms with Crippen molar-refractivity contribution < 1.29 is 14.3 Å². The molecule has 0 radical (unpaired) electrons. The summed E-state index contributed by atoms with van der Waals surface area (Å²) < 4.78 is 5.10. The van der Waals surface area contributed by atoms with Crippen LogP contribution in [0.3, 0.4) is 0 Å². The molecule has 2 aromatic carbocycles. The molecule has 1 unspecified atom stereocenters. The summed E-state index contributed by atoms with van der Waals surface area (Å²) in [7, 11) is 1.61. The maximum absolute atomic E-state index is 12.7. The molecular weight excluding hydrogens is 328 g/mol. The van der Waals surface area contributed by atoms with Gasteiger partial charge in [0.1, 0.15) is 11.8 Å². The molecule has 2 aromatic rings. The normalized spacial score (nSPS) is 14.2. The highest BCUT2D eigenvalue weighted by molar-refractivity contribution is 6.02. The molecule has 134 valence electrons. The van der Waals surface area contributed by atoms with E-state index in [9.17, 15) is 9.59 Å². The largest absolute Gasteiger partial charge is 0.497 e. The van der Waals surface area contributed by atoms with E-state index in [0.717, 1.165) is 23.4 Å². The van der Waals surface area contributed by atoms with Crippen molar-refractivity contribution in [3.05, 3.63) is 65.7 Å². The van der Waals surface area contributed by atoms with Gasteiger partial charge in [0.2, 0.25) is 11.8 Å². The molecule has 5 heteroatoms. The van der Waals surface area contributed by atoms with Crippen LogP contribution >= 0.6 is 0 Å². The summed E-state index contributed by atoms with van der Waals surface area (Å²) in [6, 6.07) is 14.7. The second kappa shape index (κ2) is 7.87. The van der Waals surface area contributed by atoms with Crippen LogP contribution < -0.4 is 15.0 Å². The molecule has 26 heavy (non-hydrogen) atoms. The van der Waals surface area contributed by atoms with Crippen LogP contribution in [0.2, 0.25) is 0 Å². The molecule has 0 aliphatic carbocycles. The number of methoxy groups -OCH3 is 1. The van der Waals surface area contributed by atoms with Crippen LogP contribution in [-0.2, 0) is 16.0 Å². The predicted molar refractivity (Wildman–Crippen MR) is 102 cm³/mol. The summed E-state index contributed by atoms with van der Waals surface area (Å²) in [4.78, 5) is 26.5. The summed E-state index contributed by atoms with van der Waals surface area (Å²) in [6.07, 6.45) is 3.99. The first-order valence-electron chi connectivity index (χ1n) is 8.60. The molecule has 0 saturated carbocycles. The molecule has 1 N–H and O–H groups in total. The van der Waals surface area contributed by atoms with Gasteiger partial charge in [0, 0.05) is 18.3 Å². The van der Waals surface area contributed by atoms with Gasteiger partial charge in [-0.3, -0.25) is 9.59 Å². The number of carbonyl (C=O) groups is 2. The average Bonchev–Trinajstić information content (AvgIpc) is 3.10. The molecule has 0 aromatic heterocycles. The van der Waals surface area contributed by atoms with E-state index in [1.807, 2.05) is 48.5 Å². The van der Waals surface area contributed by atoms with Crippen molar-refractivity contribution in [2.75, 3.05) is 18.6 Å². The highest BCUT2D eigenvalue weighted by Crippen LogP contribution is 2.27. The summed E-state index contributed by atoms with van der Waals surface area (Å²) >= 11 is 0. The second-order valence-electron chi connectivity index (χ2n) is 6.21. The van der Waals surface area contributed by atoms with Gasteiger partial charge in [-0.15, -0.1) is 0 Å². The first-order chi connectivity index (χ1) is 12.6. The molecule has 1 atom stereocenters. The summed E-state index contributed by atoms with van der Waals surface area (Å²) in [5.41, 5.74) is 2.99. The second-order valence-corrected chi connectivity index (χ2v) is 6.21. The monoisotopic (exact) mass is 350 g/mol. The first kappa shape index (κ1) is 17.7. The van der Waals surface area contributed by atoms with Gasteiger partial charge < -0.3 is 15.0 Å². The molecule has 5 nitrogen and oxygen atoms in total. The van der Waals surface area contributed by atoms with Crippen molar-refractivity contribution in [3.8, 4) is 5.75 Å². The van der Waals surface area contributed by atoms with E-state index in [4.69, 9.17) is 4.74 Å². The van der Waals surface area contributed by atoms with E-state index in [0.29, 0.717) is 6.54 Å². The highest BCUT2D eigenvalue weighted by atomic mass is 16.5. The number of hydrogen-bond acceptors (Lipinski definition) is 3. The minimum absolute atomic E-state index is 0.0962. The minimum Gasteiger partial charge on any atom is -0.497 e. The Hall–Kier alpha value is -3.08. The number of para-hydroxylation sites is 1. The fourth-order valence-electron chi connectivity index (χ4n) is 3.01. The summed E-state index contributed by atoms with van der Waals surface area (Å²) in [5.74, 6) is 0.368. The zero-order valence-corrected chi connectivity index (χ0v) is 14.9. The van der Waals surface area contributed by atoms with Gasteiger partial charge >= 0.3 is 0 Å². The van der Waals surface area contributed by atoms with E-state index in [-0.39, 0.29) is 11.8 Å². The number of rotatable bonds is 5. The van der Waals surface area contributed by atoms with Crippen molar-refractivity contribution in [1.29, 1.82) is 0 Å². The third-order valence-corrected chi connectivity index (χ3v) is 4.43. The van der Waals surface area contributed by atoms with Crippen LogP contribution in [0.5, 0.6) is 5.75 Å². The smallest absolute Gasteiger partial charge is 0.249 e. The molecule has 0 spiro atoms. The number of anilines is 1. The summed E-state index contributed by atoms with van der Waals surface area (Å²) in [6.45, 7) is 2.36. The standard InChI is InChI=1S/C21H22N2O3/c1-15(21(25)23-14-13-17-5-3-4-6-19(17)23)22-20(24)12-9-16-7-10-18(26-2)11-8-16/h3-12,15H,13-14H2,1-2H3,(H,22,24). The number of amides is 2. The molecule has 1 aliphatic rings. The number of benzene rings is 2. The zero-order chi connectivity index (χ0) is 18.5. The van der Waals surface area contributed by atoms with E-state index >= 15 is 0 Å². The lowest BCUT2D eigenvalue weighted by atomic mass is 10.2. The van der Waals surface area contributed by atoms with Crippen molar-refractivity contribution in [2.45, 2.75) is 19.4 Å². The number of carbonyl (C=O) groups excluding carboxylic acids is 2. The van der Waals surface area contributed by atoms with Gasteiger partial charge in [-0.2, -0.15) is 0 Å². The van der Waals surface area contributed by atoms with Gasteiger partial charge in [0.25, 0.3) is 0 Å². The lowest BCUT2D eigenvalue weighted by Gasteiger charge is -2.22. The Labute approximate surface area is 153 Å². The number of nitrogens with one attached hydrogen (secondary N) is 1. The molecule has 0 saturated heterocycles. The predicted octanol–water partition coefficient (Wildman–Crippen LogP) is 2.80. The fraction of sp³-hybridized carbons (Fsp3) is 0.238. The van der Waals surface area contributed by atoms with Crippen LogP contribution in [0.4, 0.5) is 5.69 Å². The number of ether oxygens (including phenoxy) is 1. The SMILES string of the molecule is COc1ccc(C=CC(=O)NC(C)C(=O)N2CCc3ccccc32)cc1. The van der Waals surface area contributed by atoms with E-state index < -0.39 is 6.04 Å². The van der Waals surface area contributed by atoms with Gasteiger partial charge in [-0.05, 0) is 48.7 Å². The number of fused-ring (bicyclic) bond motifs is 1. The van der Waals surface area contributed by atoms with Crippen molar-refractivity contribution in [3.63, 3.8) is 0 Å². The maximum Gasteiger partial charge on any atom is 0.249 e. The molecule has 0 bridgehead atoms. The Morgan fingerprint density at radius 1 is 1.15 bits per heavy atom. The summed E-state index contributed by atoms with van der Waals surface area (Å²) in [5, 5.41) is 2.74. The van der Waals surface area contributed by atoms with Crippen molar-refractivity contribution >= 4 is 23.6 Å². The third-order valence-electron chi connectivity index (χ3n) is 4.43. The average molecular weight is 350 g/mol. The van der Waals surface area contributed by atoms with Gasteiger partial charge in [0.15, 0.2) is 0 Å². The van der Waals surface area contributed by atoms with Gasteiger partial charge in [0.05, 0.1) is 7.11 Å². The van der Waals surface area contributed by atoms with Gasteiger partial charge in [-0.1, -0.05) is 30.3 Å². The Kier molecular flexibility index (Phi) is 5.37. The number of hydrogen-bond donors (Lipinski definition) is 1. The quantitative estimate of drug-likeness (QED) is 0.844. The molecule has 3 rings (SSSR count). The van der Waals surface area contributed by atoms with E-state index in [1.54, 1.807) is 25.0 Å². The van der Waals surface area contributed by atoms with Crippen molar-refractivity contribution in [2.24, 2.45) is 0 Å². The van der Waals surface area contributed by atoms with Crippen LogP contribution in [0.25, 0.3) is 6.08 Å². The number of nitrogens with zero attached hydrogens (tertiary/aromatic N) is 1. The van der Waals surface area contributed by atoms with Crippen LogP contribution in [0.1, 0.15) is 18.1 Å². The molecule has 1 heterocycles. The highest BCUT2D eigenvalue weighted by Gasteiger charge is 2.28. The minimum atomic E-state index is -0.589. The Bertz CT molecular complexity index is 827. The van der Waals surface area contributed by atoms with E-state index in [1.165, 1.54) is 11.6 Å². The maximum atomic E-state index is 12.7. The zero-order valence-electron chi connectivity index (χ0n) is 14.9. The first-order valence-corrected chi connectivity index (χ1v) is 8.60. The molecule has 1 aliphatic heterocycles. The topological polar surface area (TPSA) is 58.6 Å². The lowest BCUT2D eigenvalue weighted by molar-refractivity contribution is -0.124. The molecular formula is C21H22N2O3. The Morgan fingerprint density at radius 2 is 1.88 bits per heavy atom. The molecule has 2 amide bonds. The van der Waals surface area contributed by atoms with Gasteiger partial charge in [-0.25, -0.2) is 0 Å². The fourth-order valence-corrected chi connectivity index (χ4v) is 3.01. The molecule has 0 fully saturated rings. The van der Waals surface area contributed by atoms with Crippen LogP contribution in [-0.4, -0.2) is 31.5 Å². The van der Waals surface area contributed by atoms with Crippen molar-refractivity contribution in [1.82, 2.24) is 5.32 Å². The van der Waals surface area contributed by atoms with Crippen LogP contribution in [0, 0.1) is 0 Å². The Balaban J connectivity index is 1.58. The van der Waals surface area contributed by atoms with Crippen LogP contribution in [0.15, 0.2) is 54.6 Å².